The van der Waals surface area contributed by atoms with E-state index >= 15 is 0 Å². The van der Waals surface area contributed by atoms with Gasteiger partial charge in [-0.1, -0.05) is 0 Å². The van der Waals surface area contributed by atoms with Crippen molar-refractivity contribution in [3.63, 3.8) is 0 Å². The lowest BCUT2D eigenvalue weighted by Crippen LogP contribution is -2.02. The Bertz CT molecular complexity index is 297. The monoisotopic (exact) mass is 142 g/mol. The lowest BCUT2D eigenvalue weighted by molar-refractivity contribution is 0.602. The molecule has 1 aliphatic carbocycles. The van der Waals surface area contributed by atoms with Crippen LogP contribution >= 0.6 is 0 Å². The zero-order chi connectivity index (χ0) is 7.14. The molecule has 1 aromatic heterocycles. The number of hydrogen-bond acceptors (Lipinski definition) is 1. The molecule has 0 unspecified atom stereocenters. The molecule has 0 atom stereocenters. The Balaban J connectivity index is 2.49. The first-order valence-electron chi connectivity index (χ1n) is 3.25. The first-order valence-corrected chi connectivity index (χ1v) is 3.25. The number of hydrogen-bond donors (Lipinski definition) is 2. The van der Waals surface area contributed by atoms with Crippen molar-refractivity contribution >= 4 is 0 Å². The lowest BCUT2D eigenvalue weighted by Gasteiger charge is -1.86. The van der Waals surface area contributed by atoms with Gasteiger partial charge in [0.05, 0.1) is 5.69 Å². The van der Waals surface area contributed by atoms with Crippen molar-refractivity contribution in [3.8, 4) is 0 Å². The number of aromatic nitrogens is 2. The standard InChI is InChI=1S/C6H7FN2O/c7-4-5(3-1-2-3)8-9-6(4)10/h3H,1-2H2,(H2,8,9,10). The molecule has 0 bridgehead atoms. The fraction of sp³-hybridized carbons (Fsp3) is 0.500. The van der Waals surface area contributed by atoms with E-state index in [2.05, 4.69) is 10.2 Å². The summed E-state index contributed by atoms with van der Waals surface area (Å²) in [4.78, 5) is 10.5. The second kappa shape index (κ2) is 1.71. The average molecular weight is 142 g/mol. The van der Waals surface area contributed by atoms with Gasteiger partial charge in [0.1, 0.15) is 0 Å². The van der Waals surface area contributed by atoms with Crippen molar-refractivity contribution in [1.82, 2.24) is 10.2 Å². The van der Waals surface area contributed by atoms with E-state index in [-0.39, 0.29) is 5.92 Å². The first kappa shape index (κ1) is 5.70. The Labute approximate surface area is 56.2 Å². The summed E-state index contributed by atoms with van der Waals surface area (Å²) in [6.45, 7) is 0. The van der Waals surface area contributed by atoms with Crippen LogP contribution in [0.4, 0.5) is 4.39 Å². The van der Waals surface area contributed by atoms with Crippen LogP contribution in [0.5, 0.6) is 0 Å². The summed E-state index contributed by atoms with van der Waals surface area (Å²) in [6.07, 6.45) is 1.98. The highest BCUT2D eigenvalue weighted by molar-refractivity contribution is 5.14. The third-order valence-corrected chi connectivity index (χ3v) is 1.73. The normalized spacial score (nSPS) is 17.7. The van der Waals surface area contributed by atoms with E-state index in [0.29, 0.717) is 5.69 Å². The second-order valence-corrected chi connectivity index (χ2v) is 2.58. The molecule has 0 saturated heterocycles. The number of H-pyrrole nitrogens is 2. The molecule has 54 valence electrons. The molecule has 0 spiro atoms. The molecular formula is C6H7FN2O. The molecule has 0 aromatic carbocycles. The predicted molar refractivity (Wildman–Crippen MR) is 33.3 cm³/mol. The Morgan fingerprint density at radius 3 is 2.50 bits per heavy atom. The zero-order valence-electron chi connectivity index (χ0n) is 5.28. The molecule has 0 aliphatic heterocycles. The van der Waals surface area contributed by atoms with Crippen molar-refractivity contribution in [1.29, 1.82) is 0 Å². The van der Waals surface area contributed by atoms with Crippen molar-refractivity contribution in [3.05, 3.63) is 21.9 Å². The maximum absolute atomic E-state index is 12.7. The SMILES string of the molecule is O=c1[nH][nH]c(C2CC2)c1F. The van der Waals surface area contributed by atoms with Crippen molar-refractivity contribution in [2.24, 2.45) is 0 Å². The third-order valence-electron chi connectivity index (χ3n) is 1.73. The summed E-state index contributed by atoms with van der Waals surface area (Å²) < 4.78 is 12.7. The second-order valence-electron chi connectivity index (χ2n) is 2.58. The number of aromatic amines is 2. The minimum atomic E-state index is -0.637. The van der Waals surface area contributed by atoms with E-state index in [1.165, 1.54) is 0 Å². The van der Waals surface area contributed by atoms with Crippen LogP contribution in [-0.2, 0) is 0 Å². The van der Waals surface area contributed by atoms with E-state index in [9.17, 15) is 9.18 Å². The van der Waals surface area contributed by atoms with Gasteiger partial charge >= 0.3 is 0 Å². The molecule has 2 N–H and O–H groups in total. The van der Waals surface area contributed by atoms with Crippen LogP contribution in [0.3, 0.4) is 0 Å². The van der Waals surface area contributed by atoms with Gasteiger partial charge in [-0.2, -0.15) is 4.39 Å². The minimum absolute atomic E-state index is 0.263. The number of nitrogens with one attached hydrogen (secondary N) is 2. The molecule has 10 heavy (non-hydrogen) atoms. The largest absolute Gasteiger partial charge is 0.300 e. The van der Waals surface area contributed by atoms with Crippen LogP contribution in [0.15, 0.2) is 4.79 Å². The average Bonchev–Trinajstić information content (AvgIpc) is 2.67. The first-order chi connectivity index (χ1) is 4.79. The van der Waals surface area contributed by atoms with Crippen LogP contribution in [-0.4, -0.2) is 10.2 Å². The molecular weight excluding hydrogens is 135 g/mol. The van der Waals surface area contributed by atoms with Crippen LogP contribution in [0.25, 0.3) is 0 Å². The van der Waals surface area contributed by atoms with E-state index in [0.717, 1.165) is 12.8 Å². The molecule has 4 heteroatoms. The van der Waals surface area contributed by atoms with Gasteiger partial charge in [-0.15, -0.1) is 0 Å². The highest BCUT2D eigenvalue weighted by Gasteiger charge is 2.29. The number of halogens is 1. The number of rotatable bonds is 1. The van der Waals surface area contributed by atoms with E-state index in [1.807, 2.05) is 0 Å². The van der Waals surface area contributed by atoms with Gasteiger partial charge < -0.3 is 0 Å². The fourth-order valence-electron chi connectivity index (χ4n) is 1.01. The van der Waals surface area contributed by atoms with Gasteiger partial charge in [-0.05, 0) is 12.8 Å². The van der Waals surface area contributed by atoms with Gasteiger partial charge in [0.15, 0.2) is 0 Å². The molecule has 3 nitrogen and oxygen atoms in total. The van der Waals surface area contributed by atoms with E-state index in [4.69, 9.17) is 0 Å². The predicted octanol–water partition coefficient (Wildman–Crippen LogP) is 0.719. The van der Waals surface area contributed by atoms with Crippen LogP contribution in [0.1, 0.15) is 24.5 Å². The molecule has 1 saturated carbocycles. The highest BCUT2D eigenvalue weighted by atomic mass is 19.1. The fourth-order valence-corrected chi connectivity index (χ4v) is 1.01. The lowest BCUT2D eigenvalue weighted by atomic mass is 10.3. The summed E-state index contributed by atoms with van der Waals surface area (Å²) >= 11 is 0. The Hall–Kier alpha value is -1.06. The summed E-state index contributed by atoms with van der Waals surface area (Å²) in [5.41, 5.74) is -0.188. The summed E-state index contributed by atoms with van der Waals surface area (Å²) in [7, 11) is 0. The zero-order valence-corrected chi connectivity index (χ0v) is 5.28. The molecule has 1 aromatic rings. The molecule has 1 aliphatic rings. The van der Waals surface area contributed by atoms with E-state index < -0.39 is 11.4 Å². The van der Waals surface area contributed by atoms with Crippen LogP contribution < -0.4 is 5.56 Å². The minimum Gasteiger partial charge on any atom is -0.299 e. The molecule has 1 fully saturated rings. The van der Waals surface area contributed by atoms with Gasteiger partial charge in [0.25, 0.3) is 5.56 Å². The van der Waals surface area contributed by atoms with Gasteiger partial charge in [0, 0.05) is 5.92 Å². The topological polar surface area (TPSA) is 48.6 Å². The Kier molecular flexibility index (Phi) is 0.977. The summed E-state index contributed by atoms with van der Waals surface area (Å²) in [6, 6.07) is 0. The van der Waals surface area contributed by atoms with Crippen molar-refractivity contribution in [2.45, 2.75) is 18.8 Å². The van der Waals surface area contributed by atoms with Gasteiger partial charge in [0.2, 0.25) is 5.82 Å². The van der Waals surface area contributed by atoms with Gasteiger partial charge in [-0.3, -0.25) is 15.0 Å². The Morgan fingerprint density at radius 1 is 1.40 bits per heavy atom. The van der Waals surface area contributed by atoms with Crippen LogP contribution in [0.2, 0.25) is 0 Å². The maximum atomic E-state index is 12.7. The maximum Gasteiger partial charge on any atom is 0.300 e. The summed E-state index contributed by atoms with van der Waals surface area (Å²) in [5.74, 6) is -0.374. The molecule has 0 radical (unpaired) electrons. The quantitative estimate of drug-likeness (QED) is 0.596. The summed E-state index contributed by atoms with van der Waals surface area (Å²) in [5, 5.41) is 4.73. The Morgan fingerprint density at radius 2 is 2.10 bits per heavy atom. The van der Waals surface area contributed by atoms with Crippen LogP contribution in [0, 0.1) is 5.82 Å². The smallest absolute Gasteiger partial charge is 0.299 e. The van der Waals surface area contributed by atoms with Gasteiger partial charge in [-0.25, -0.2) is 0 Å². The third kappa shape index (κ3) is 0.683. The highest BCUT2D eigenvalue weighted by Crippen LogP contribution is 2.39. The van der Waals surface area contributed by atoms with E-state index in [1.54, 1.807) is 0 Å². The molecule has 2 rings (SSSR count). The van der Waals surface area contributed by atoms with Crippen molar-refractivity contribution < 1.29 is 4.39 Å². The molecule has 0 amide bonds. The van der Waals surface area contributed by atoms with Crippen molar-refractivity contribution in [2.75, 3.05) is 0 Å². The molecule has 1 heterocycles.